The number of hydrogen-bond donors (Lipinski definition) is 2. The maximum atomic E-state index is 12.6. The van der Waals surface area contributed by atoms with Gasteiger partial charge in [0.1, 0.15) is 23.2 Å². The number of phenols is 1. The summed E-state index contributed by atoms with van der Waals surface area (Å²) in [5, 5.41) is 23.4. The van der Waals surface area contributed by atoms with E-state index in [1.807, 2.05) is 6.07 Å². The number of nitrogens with two attached hydrogens (primary N) is 1. The summed E-state index contributed by atoms with van der Waals surface area (Å²) in [4.78, 5) is 12.6. The van der Waals surface area contributed by atoms with Crippen LogP contribution in [-0.2, 0) is 0 Å². The van der Waals surface area contributed by atoms with Gasteiger partial charge in [0.15, 0.2) is 5.69 Å². The van der Waals surface area contributed by atoms with Crippen LogP contribution in [0.4, 0.5) is 5.82 Å². The van der Waals surface area contributed by atoms with Crippen LogP contribution in [-0.4, -0.2) is 20.7 Å². The van der Waals surface area contributed by atoms with Crippen LogP contribution in [0.15, 0.2) is 48.5 Å². The first kappa shape index (κ1) is 15.6. The summed E-state index contributed by atoms with van der Waals surface area (Å²) in [5.41, 5.74) is 6.81. The average molecular weight is 339 g/mol. The Labute approximate surface area is 142 Å². The van der Waals surface area contributed by atoms with Crippen molar-refractivity contribution >= 4 is 23.2 Å². The highest BCUT2D eigenvalue weighted by Gasteiger charge is 2.23. The van der Waals surface area contributed by atoms with Crippen LogP contribution in [0.5, 0.6) is 5.75 Å². The number of nitriles is 1. The van der Waals surface area contributed by atoms with Gasteiger partial charge in [0.05, 0.1) is 5.69 Å². The van der Waals surface area contributed by atoms with Gasteiger partial charge >= 0.3 is 0 Å². The zero-order valence-electron chi connectivity index (χ0n) is 12.3. The number of benzene rings is 2. The predicted molar refractivity (Wildman–Crippen MR) is 89.2 cm³/mol. The zero-order valence-corrected chi connectivity index (χ0v) is 13.0. The number of nitrogen functional groups attached to an aromatic ring is 1. The monoisotopic (exact) mass is 338 g/mol. The van der Waals surface area contributed by atoms with Gasteiger partial charge in [0.25, 0.3) is 0 Å². The topological polar surface area (TPSA) is 105 Å². The Hall–Kier alpha value is -3.30. The standard InChI is InChI=1S/C17H11ClN4O2/c18-11-3-5-12(6-4-11)22-17(20)14(9-19)15(21-22)16(24)10-1-7-13(23)8-2-10/h1-8,23H,20H2. The Balaban J connectivity index is 2.10. The van der Waals surface area contributed by atoms with E-state index in [1.165, 1.54) is 28.9 Å². The summed E-state index contributed by atoms with van der Waals surface area (Å²) < 4.78 is 1.32. The lowest BCUT2D eigenvalue weighted by molar-refractivity contribution is 0.103. The van der Waals surface area contributed by atoms with Crippen LogP contribution in [0.1, 0.15) is 21.6 Å². The van der Waals surface area contributed by atoms with Crippen LogP contribution in [0.2, 0.25) is 5.02 Å². The molecule has 0 spiro atoms. The van der Waals surface area contributed by atoms with Crippen molar-refractivity contribution < 1.29 is 9.90 Å². The van der Waals surface area contributed by atoms with Crippen molar-refractivity contribution in [2.24, 2.45) is 0 Å². The highest BCUT2D eigenvalue weighted by molar-refractivity contribution is 6.30. The number of anilines is 1. The van der Waals surface area contributed by atoms with Gasteiger partial charge in [-0.1, -0.05) is 11.6 Å². The zero-order chi connectivity index (χ0) is 17.3. The number of hydrogen-bond acceptors (Lipinski definition) is 5. The highest BCUT2D eigenvalue weighted by atomic mass is 35.5. The molecule has 0 aliphatic carbocycles. The third-order valence-corrected chi connectivity index (χ3v) is 3.70. The molecule has 2 aromatic carbocycles. The summed E-state index contributed by atoms with van der Waals surface area (Å²) in [6, 6.07) is 14.3. The number of aromatic nitrogens is 2. The van der Waals surface area contributed by atoms with E-state index in [2.05, 4.69) is 5.10 Å². The Bertz CT molecular complexity index is 954. The lowest BCUT2D eigenvalue weighted by atomic mass is 10.1. The van der Waals surface area contributed by atoms with E-state index in [-0.39, 0.29) is 22.8 Å². The normalized spacial score (nSPS) is 10.3. The molecule has 0 aliphatic heterocycles. The first-order valence-electron chi connectivity index (χ1n) is 6.89. The Morgan fingerprint density at radius 2 is 1.79 bits per heavy atom. The van der Waals surface area contributed by atoms with Gasteiger partial charge in [-0.2, -0.15) is 10.4 Å². The molecule has 0 amide bonds. The molecule has 6 nitrogen and oxygen atoms in total. The number of carbonyl (C=O) groups excluding carboxylic acids is 1. The minimum atomic E-state index is -0.453. The van der Waals surface area contributed by atoms with Gasteiger partial charge < -0.3 is 10.8 Å². The number of rotatable bonds is 3. The van der Waals surface area contributed by atoms with Crippen LogP contribution < -0.4 is 5.73 Å². The fourth-order valence-corrected chi connectivity index (χ4v) is 2.35. The van der Waals surface area contributed by atoms with Crippen molar-refractivity contribution in [3.8, 4) is 17.5 Å². The molecule has 0 bridgehead atoms. The molecule has 0 saturated carbocycles. The summed E-state index contributed by atoms with van der Waals surface area (Å²) in [6.45, 7) is 0. The van der Waals surface area contributed by atoms with E-state index in [1.54, 1.807) is 24.3 Å². The van der Waals surface area contributed by atoms with E-state index in [9.17, 15) is 15.2 Å². The lowest BCUT2D eigenvalue weighted by Gasteiger charge is -2.03. The molecule has 0 radical (unpaired) electrons. The van der Waals surface area contributed by atoms with Crippen molar-refractivity contribution in [3.63, 3.8) is 0 Å². The largest absolute Gasteiger partial charge is 0.508 e. The molecule has 0 aliphatic rings. The Kier molecular flexibility index (Phi) is 3.94. The van der Waals surface area contributed by atoms with Crippen molar-refractivity contribution in [1.29, 1.82) is 5.26 Å². The number of nitrogens with zero attached hydrogens (tertiary/aromatic N) is 3. The number of carbonyl (C=O) groups is 1. The maximum Gasteiger partial charge on any atom is 0.214 e. The quantitative estimate of drug-likeness (QED) is 0.714. The number of aromatic hydroxyl groups is 1. The van der Waals surface area contributed by atoms with Gasteiger partial charge in [0.2, 0.25) is 5.78 Å². The molecule has 7 heteroatoms. The molecule has 3 aromatic rings. The molecule has 0 unspecified atom stereocenters. The number of phenolic OH excluding ortho intramolecular Hbond substituents is 1. The summed E-state index contributed by atoms with van der Waals surface area (Å²) in [6.07, 6.45) is 0. The first-order chi connectivity index (χ1) is 11.5. The van der Waals surface area contributed by atoms with E-state index >= 15 is 0 Å². The van der Waals surface area contributed by atoms with Crippen LogP contribution >= 0.6 is 11.6 Å². The van der Waals surface area contributed by atoms with Gasteiger partial charge in [-0.3, -0.25) is 4.79 Å². The van der Waals surface area contributed by atoms with E-state index in [4.69, 9.17) is 17.3 Å². The average Bonchev–Trinajstić information content (AvgIpc) is 2.92. The molecule has 24 heavy (non-hydrogen) atoms. The number of halogens is 1. The second kappa shape index (κ2) is 6.07. The van der Waals surface area contributed by atoms with Crippen molar-refractivity contribution in [1.82, 2.24) is 9.78 Å². The molecule has 118 valence electrons. The number of ketones is 1. The second-order valence-electron chi connectivity index (χ2n) is 4.98. The SMILES string of the molecule is N#Cc1c(C(=O)c2ccc(O)cc2)nn(-c2ccc(Cl)cc2)c1N. The lowest BCUT2D eigenvalue weighted by Crippen LogP contribution is -2.05. The van der Waals surface area contributed by atoms with Gasteiger partial charge in [0, 0.05) is 10.6 Å². The maximum absolute atomic E-state index is 12.6. The van der Waals surface area contributed by atoms with Crippen LogP contribution in [0, 0.1) is 11.3 Å². The molecular formula is C17H11ClN4O2. The fourth-order valence-electron chi connectivity index (χ4n) is 2.23. The molecule has 1 heterocycles. The smallest absolute Gasteiger partial charge is 0.214 e. The molecule has 3 rings (SSSR count). The van der Waals surface area contributed by atoms with E-state index in [0.29, 0.717) is 16.3 Å². The van der Waals surface area contributed by atoms with E-state index < -0.39 is 5.78 Å². The minimum Gasteiger partial charge on any atom is -0.508 e. The Morgan fingerprint density at radius 1 is 1.17 bits per heavy atom. The molecule has 0 fully saturated rings. The summed E-state index contributed by atoms with van der Waals surface area (Å²) in [5.74, 6) is -0.342. The predicted octanol–water partition coefficient (Wildman–Crippen LogP) is 2.92. The summed E-state index contributed by atoms with van der Waals surface area (Å²) in [7, 11) is 0. The molecular weight excluding hydrogens is 328 g/mol. The Morgan fingerprint density at radius 3 is 2.38 bits per heavy atom. The first-order valence-corrected chi connectivity index (χ1v) is 7.27. The molecule has 0 saturated heterocycles. The molecule has 1 aromatic heterocycles. The minimum absolute atomic E-state index is 0.00280. The molecule has 3 N–H and O–H groups in total. The van der Waals surface area contributed by atoms with Crippen molar-refractivity contribution in [2.45, 2.75) is 0 Å². The highest BCUT2D eigenvalue weighted by Crippen LogP contribution is 2.24. The molecule has 0 atom stereocenters. The third-order valence-electron chi connectivity index (χ3n) is 3.45. The van der Waals surface area contributed by atoms with Crippen LogP contribution in [0.25, 0.3) is 5.69 Å². The van der Waals surface area contributed by atoms with E-state index in [0.717, 1.165) is 0 Å². The van der Waals surface area contributed by atoms with Crippen LogP contribution in [0.3, 0.4) is 0 Å². The van der Waals surface area contributed by atoms with Crippen molar-refractivity contribution in [2.75, 3.05) is 5.73 Å². The van der Waals surface area contributed by atoms with Gasteiger partial charge in [-0.25, -0.2) is 4.68 Å². The van der Waals surface area contributed by atoms with Crippen molar-refractivity contribution in [3.05, 3.63) is 70.4 Å². The van der Waals surface area contributed by atoms with Gasteiger partial charge in [-0.05, 0) is 48.5 Å². The fraction of sp³-hybridized carbons (Fsp3) is 0. The third kappa shape index (κ3) is 2.69. The summed E-state index contributed by atoms with van der Waals surface area (Å²) >= 11 is 5.86. The van der Waals surface area contributed by atoms with Gasteiger partial charge in [-0.15, -0.1) is 0 Å². The second-order valence-corrected chi connectivity index (χ2v) is 5.42.